The van der Waals surface area contributed by atoms with Crippen LogP contribution in [-0.4, -0.2) is 23.7 Å². The molecule has 4 heteroatoms. The average Bonchev–Trinajstić information content (AvgIpc) is 2.28. The van der Waals surface area contributed by atoms with Crippen molar-refractivity contribution in [3.63, 3.8) is 0 Å². The van der Waals surface area contributed by atoms with Crippen LogP contribution < -0.4 is 10.1 Å². The van der Waals surface area contributed by atoms with Gasteiger partial charge in [-0.25, -0.2) is 0 Å². The molecule has 1 aromatic carbocycles. The van der Waals surface area contributed by atoms with E-state index in [0.717, 1.165) is 5.56 Å². The van der Waals surface area contributed by atoms with Gasteiger partial charge in [0, 0.05) is 6.04 Å². The van der Waals surface area contributed by atoms with E-state index in [0.29, 0.717) is 18.8 Å². The van der Waals surface area contributed by atoms with E-state index in [2.05, 4.69) is 5.32 Å². The maximum Gasteiger partial charge on any atom is 0.223 e. The van der Waals surface area contributed by atoms with Crippen LogP contribution in [0.5, 0.6) is 5.75 Å². The summed E-state index contributed by atoms with van der Waals surface area (Å²) >= 11 is 0. The van der Waals surface area contributed by atoms with Gasteiger partial charge in [0.1, 0.15) is 5.75 Å². The SMILES string of the molecule is CC(C)NC(=O)CCOc1ccc([C@@H](C)O)cc1. The van der Waals surface area contributed by atoms with Gasteiger partial charge >= 0.3 is 0 Å². The van der Waals surface area contributed by atoms with Gasteiger partial charge in [-0.1, -0.05) is 12.1 Å². The van der Waals surface area contributed by atoms with E-state index in [-0.39, 0.29) is 11.9 Å². The summed E-state index contributed by atoms with van der Waals surface area (Å²) in [7, 11) is 0. The molecule has 0 aliphatic carbocycles. The van der Waals surface area contributed by atoms with Crippen LogP contribution in [0.2, 0.25) is 0 Å². The molecule has 4 nitrogen and oxygen atoms in total. The van der Waals surface area contributed by atoms with Crippen LogP contribution in [0.3, 0.4) is 0 Å². The number of hydrogen-bond acceptors (Lipinski definition) is 3. The lowest BCUT2D eigenvalue weighted by Gasteiger charge is -2.10. The molecule has 1 atom stereocenters. The highest BCUT2D eigenvalue weighted by molar-refractivity contribution is 5.76. The zero-order chi connectivity index (χ0) is 13.5. The largest absolute Gasteiger partial charge is 0.493 e. The highest BCUT2D eigenvalue weighted by Crippen LogP contribution is 2.17. The predicted octanol–water partition coefficient (Wildman–Crippen LogP) is 2.03. The van der Waals surface area contributed by atoms with Crippen LogP contribution in [0.4, 0.5) is 0 Å². The normalized spacial score (nSPS) is 12.3. The van der Waals surface area contributed by atoms with E-state index in [1.807, 2.05) is 26.0 Å². The van der Waals surface area contributed by atoms with Gasteiger partial charge in [0.15, 0.2) is 0 Å². The Morgan fingerprint density at radius 1 is 1.28 bits per heavy atom. The predicted molar refractivity (Wildman–Crippen MR) is 70.5 cm³/mol. The smallest absolute Gasteiger partial charge is 0.223 e. The van der Waals surface area contributed by atoms with Crippen molar-refractivity contribution in [2.45, 2.75) is 39.3 Å². The summed E-state index contributed by atoms with van der Waals surface area (Å²) in [5.74, 6) is 0.697. The molecule has 0 radical (unpaired) electrons. The standard InChI is InChI=1S/C14H21NO3/c1-10(2)15-14(17)8-9-18-13-6-4-12(5-7-13)11(3)16/h4-7,10-11,16H,8-9H2,1-3H3,(H,15,17)/t11-/m1/s1. The monoisotopic (exact) mass is 251 g/mol. The molecule has 18 heavy (non-hydrogen) atoms. The van der Waals surface area contributed by atoms with E-state index < -0.39 is 6.10 Å². The molecule has 2 N–H and O–H groups in total. The van der Waals surface area contributed by atoms with Crippen molar-refractivity contribution in [1.29, 1.82) is 0 Å². The molecule has 0 aliphatic rings. The Bertz CT molecular complexity index is 371. The first-order valence-corrected chi connectivity index (χ1v) is 6.19. The summed E-state index contributed by atoms with van der Waals surface area (Å²) in [6.45, 7) is 5.92. The number of nitrogens with one attached hydrogen (secondary N) is 1. The fraction of sp³-hybridized carbons (Fsp3) is 0.500. The summed E-state index contributed by atoms with van der Waals surface area (Å²) in [4.78, 5) is 11.4. The molecule has 0 bridgehead atoms. The lowest BCUT2D eigenvalue weighted by Crippen LogP contribution is -2.31. The Balaban J connectivity index is 2.33. The Morgan fingerprint density at radius 3 is 2.39 bits per heavy atom. The van der Waals surface area contributed by atoms with Crippen molar-refractivity contribution in [2.24, 2.45) is 0 Å². The molecule has 1 amide bonds. The average molecular weight is 251 g/mol. The van der Waals surface area contributed by atoms with Gasteiger partial charge < -0.3 is 15.2 Å². The second kappa shape index (κ2) is 7.01. The molecule has 0 saturated heterocycles. The van der Waals surface area contributed by atoms with Crippen molar-refractivity contribution in [3.8, 4) is 5.75 Å². The number of ether oxygens (including phenoxy) is 1. The molecule has 0 saturated carbocycles. The van der Waals surface area contributed by atoms with E-state index in [1.165, 1.54) is 0 Å². The molecule has 0 aromatic heterocycles. The van der Waals surface area contributed by atoms with Crippen LogP contribution >= 0.6 is 0 Å². The van der Waals surface area contributed by atoms with Crippen LogP contribution in [-0.2, 0) is 4.79 Å². The molecule has 1 aromatic rings. The lowest BCUT2D eigenvalue weighted by atomic mass is 10.1. The molecule has 0 unspecified atom stereocenters. The van der Waals surface area contributed by atoms with E-state index in [4.69, 9.17) is 4.74 Å². The van der Waals surface area contributed by atoms with Gasteiger partial charge in [-0.3, -0.25) is 4.79 Å². The molecule has 1 rings (SSSR count). The first-order chi connectivity index (χ1) is 8.49. The third kappa shape index (κ3) is 5.19. The van der Waals surface area contributed by atoms with Crippen molar-refractivity contribution in [2.75, 3.05) is 6.61 Å². The Hall–Kier alpha value is -1.55. The maximum atomic E-state index is 11.4. The molecule has 100 valence electrons. The van der Waals surface area contributed by atoms with Gasteiger partial charge in [-0.15, -0.1) is 0 Å². The molecular formula is C14H21NO3. The van der Waals surface area contributed by atoms with Gasteiger partial charge in [0.25, 0.3) is 0 Å². The number of hydrogen-bond donors (Lipinski definition) is 2. The molecule has 0 spiro atoms. The zero-order valence-electron chi connectivity index (χ0n) is 11.1. The highest BCUT2D eigenvalue weighted by Gasteiger charge is 2.04. The molecule has 0 fully saturated rings. The topological polar surface area (TPSA) is 58.6 Å². The van der Waals surface area contributed by atoms with Gasteiger partial charge in [-0.2, -0.15) is 0 Å². The minimum Gasteiger partial charge on any atom is -0.493 e. The van der Waals surface area contributed by atoms with Gasteiger partial charge in [0.2, 0.25) is 5.91 Å². The first-order valence-electron chi connectivity index (χ1n) is 6.19. The number of carbonyl (C=O) groups is 1. The Morgan fingerprint density at radius 2 is 1.89 bits per heavy atom. The molecule has 0 aliphatic heterocycles. The highest BCUT2D eigenvalue weighted by atomic mass is 16.5. The quantitative estimate of drug-likeness (QED) is 0.813. The number of amides is 1. The Kier molecular flexibility index (Phi) is 5.65. The van der Waals surface area contributed by atoms with Crippen LogP contribution in [0.15, 0.2) is 24.3 Å². The van der Waals surface area contributed by atoms with Crippen LogP contribution in [0.1, 0.15) is 38.9 Å². The Labute approximate surface area is 108 Å². The summed E-state index contributed by atoms with van der Waals surface area (Å²) in [6.07, 6.45) is -0.132. The van der Waals surface area contributed by atoms with Crippen molar-refractivity contribution >= 4 is 5.91 Å². The van der Waals surface area contributed by atoms with Crippen molar-refractivity contribution in [3.05, 3.63) is 29.8 Å². The van der Waals surface area contributed by atoms with E-state index >= 15 is 0 Å². The first kappa shape index (κ1) is 14.5. The fourth-order valence-corrected chi connectivity index (χ4v) is 1.50. The maximum absolute atomic E-state index is 11.4. The minimum absolute atomic E-state index is 0.00870. The summed E-state index contributed by atoms with van der Waals surface area (Å²) in [6, 6.07) is 7.37. The fourth-order valence-electron chi connectivity index (χ4n) is 1.50. The number of benzene rings is 1. The molecular weight excluding hydrogens is 230 g/mol. The third-order valence-electron chi connectivity index (χ3n) is 2.41. The number of rotatable bonds is 6. The van der Waals surface area contributed by atoms with Crippen molar-refractivity contribution < 1.29 is 14.6 Å². The number of carbonyl (C=O) groups excluding carboxylic acids is 1. The van der Waals surface area contributed by atoms with Gasteiger partial charge in [0.05, 0.1) is 19.1 Å². The van der Waals surface area contributed by atoms with Crippen molar-refractivity contribution in [1.82, 2.24) is 5.32 Å². The van der Waals surface area contributed by atoms with Crippen LogP contribution in [0.25, 0.3) is 0 Å². The summed E-state index contributed by atoms with van der Waals surface area (Å²) in [5, 5.41) is 12.2. The minimum atomic E-state index is -0.476. The third-order valence-corrected chi connectivity index (χ3v) is 2.41. The van der Waals surface area contributed by atoms with Gasteiger partial charge in [-0.05, 0) is 38.5 Å². The zero-order valence-corrected chi connectivity index (χ0v) is 11.1. The second-order valence-electron chi connectivity index (χ2n) is 4.57. The van der Waals surface area contributed by atoms with E-state index in [9.17, 15) is 9.90 Å². The summed E-state index contributed by atoms with van der Waals surface area (Å²) < 4.78 is 5.45. The number of aliphatic hydroxyl groups excluding tert-OH is 1. The molecule has 0 heterocycles. The number of aliphatic hydroxyl groups is 1. The van der Waals surface area contributed by atoms with Crippen LogP contribution in [0, 0.1) is 0 Å². The van der Waals surface area contributed by atoms with E-state index in [1.54, 1.807) is 19.1 Å². The lowest BCUT2D eigenvalue weighted by molar-refractivity contribution is -0.122. The second-order valence-corrected chi connectivity index (χ2v) is 4.57. The summed E-state index contributed by atoms with van der Waals surface area (Å²) in [5.41, 5.74) is 0.847.